The molecule has 0 saturated carbocycles. The van der Waals surface area contributed by atoms with Crippen molar-refractivity contribution in [3.8, 4) is 11.5 Å². The summed E-state index contributed by atoms with van der Waals surface area (Å²) in [6.45, 7) is 0.451. The number of hydrogen-bond donors (Lipinski definition) is 2. The molecular formula is C19H19FN2O3. The molecule has 0 unspecified atom stereocenters. The molecule has 0 radical (unpaired) electrons. The molecule has 0 bridgehead atoms. The summed E-state index contributed by atoms with van der Waals surface area (Å²) in [5, 5.41) is 3.24. The number of nitrogens with one attached hydrogen (secondary N) is 2. The van der Waals surface area contributed by atoms with E-state index in [4.69, 9.17) is 9.47 Å². The first-order chi connectivity index (χ1) is 12.1. The minimum absolute atomic E-state index is 0.268. The van der Waals surface area contributed by atoms with Gasteiger partial charge in [-0.25, -0.2) is 4.39 Å². The Morgan fingerprint density at radius 3 is 2.64 bits per heavy atom. The molecule has 1 amide bonds. The Labute approximate surface area is 144 Å². The van der Waals surface area contributed by atoms with E-state index < -0.39 is 0 Å². The van der Waals surface area contributed by atoms with Crippen LogP contribution in [0.5, 0.6) is 11.5 Å². The number of benzene rings is 2. The van der Waals surface area contributed by atoms with E-state index in [1.165, 1.54) is 12.1 Å². The van der Waals surface area contributed by atoms with Gasteiger partial charge in [-0.05, 0) is 42.3 Å². The van der Waals surface area contributed by atoms with Crippen molar-refractivity contribution in [3.63, 3.8) is 0 Å². The predicted molar refractivity (Wildman–Crippen MR) is 93.8 cm³/mol. The van der Waals surface area contributed by atoms with Crippen LogP contribution in [0.3, 0.4) is 0 Å². The highest BCUT2D eigenvalue weighted by Gasteiger charge is 2.11. The van der Waals surface area contributed by atoms with E-state index >= 15 is 0 Å². The molecule has 0 aliphatic carbocycles. The third-order valence-corrected chi connectivity index (χ3v) is 4.00. The van der Waals surface area contributed by atoms with Crippen LogP contribution in [0, 0.1) is 5.82 Å². The molecule has 0 aliphatic rings. The fourth-order valence-electron chi connectivity index (χ4n) is 2.69. The highest BCUT2D eigenvalue weighted by molar-refractivity contribution is 5.98. The second kappa shape index (κ2) is 7.25. The van der Waals surface area contributed by atoms with Crippen molar-refractivity contribution >= 4 is 16.8 Å². The van der Waals surface area contributed by atoms with Gasteiger partial charge in [0.2, 0.25) is 0 Å². The number of fused-ring (bicyclic) bond motifs is 1. The van der Waals surface area contributed by atoms with Crippen molar-refractivity contribution in [2.24, 2.45) is 0 Å². The van der Waals surface area contributed by atoms with Crippen LogP contribution in [0.4, 0.5) is 4.39 Å². The molecule has 1 aromatic heterocycles. The zero-order valence-electron chi connectivity index (χ0n) is 14.1. The molecule has 6 heteroatoms. The lowest BCUT2D eigenvalue weighted by Crippen LogP contribution is -2.25. The van der Waals surface area contributed by atoms with E-state index in [0.29, 0.717) is 41.1 Å². The Morgan fingerprint density at radius 2 is 1.92 bits per heavy atom. The van der Waals surface area contributed by atoms with Crippen LogP contribution in [-0.4, -0.2) is 31.7 Å². The van der Waals surface area contributed by atoms with E-state index in [2.05, 4.69) is 10.3 Å². The van der Waals surface area contributed by atoms with Crippen LogP contribution in [-0.2, 0) is 6.42 Å². The highest BCUT2D eigenvalue weighted by Crippen LogP contribution is 2.27. The first-order valence-corrected chi connectivity index (χ1v) is 7.88. The minimum Gasteiger partial charge on any atom is -0.493 e. The number of hydrogen-bond acceptors (Lipinski definition) is 3. The van der Waals surface area contributed by atoms with Gasteiger partial charge >= 0.3 is 0 Å². The Kier molecular flexibility index (Phi) is 4.88. The first-order valence-electron chi connectivity index (χ1n) is 7.88. The second-order valence-electron chi connectivity index (χ2n) is 5.58. The molecular weight excluding hydrogens is 323 g/mol. The van der Waals surface area contributed by atoms with E-state index in [9.17, 15) is 9.18 Å². The molecule has 0 spiro atoms. The zero-order valence-corrected chi connectivity index (χ0v) is 14.1. The van der Waals surface area contributed by atoms with Crippen LogP contribution in [0.15, 0.2) is 42.5 Å². The molecule has 25 heavy (non-hydrogen) atoms. The number of ether oxygens (including phenoxy) is 2. The van der Waals surface area contributed by atoms with Crippen molar-refractivity contribution in [3.05, 3.63) is 59.5 Å². The summed E-state index contributed by atoms with van der Waals surface area (Å²) >= 11 is 0. The number of aromatic nitrogens is 1. The van der Waals surface area contributed by atoms with Gasteiger partial charge in [0, 0.05) is 17.4 Å². The van der Waals surface area contributed by atoms with E-state index in [-0.39, 0.29) is 11.7 Å². The minimum atomic E-state index is -0.349. The van der Waals surface area contributed by atoms with Crippen molar-refractivity contribution in [2.75, 3.05) is 20.8 Å². The highest BCUT2D eigenvalue weighted by atomic mass is 19.1. The van der Waals surface area contributed by atoms with Crippen molar-refractivity contribution < 1.29 is 18.7 Å². The first kappa shape index (κ1) is 16.8. The Morgan fingerprint density at radius 1 is 1.12 bits per heavy atom. The zero-order chi connectivity index (χ0) is 17.8. The lowest BCUT2D eigenvalue weighted by atomic mass is 10.1. The molecule has 2 aromatic carbocycles. The SMILES string of the molecule is COc1ccc(CCNC(=O)c2cc3c(F)cccc3[nH]2)cc1OC. The van der Waals surface area contributed by atoms with Crippen LogP contribution in [0.1, 0.15) is 16.1 Å². The summed E-state index contributed by atoms with van der Waals surface area (Å²) in [7, 11) is 3.17. The van der Waals surface area contributed by atoms with Gasteiger partial charge < -0.3 is 19.8 Å². The quantitative estimate of drug-likeness (QED) is 0.722. The Hall–Kier alpha value is -3.02. The molecule has 3 aromatic rings. The van der Waals surface area contributed by atoms with Crippen molar-refractivity contribution in [2.45, 2.75) is 6.42 Å². The molecule has 0 saturated heterocycles. The number of amides is 1. The summed E-state index contributed by atoms with van der Waals surface area (Å²) in [4.78, 5) is 15.2. The van der Waals surface area contributed by atoms with Gasteiger partial charge in [0.1, 0.15) is 11.5 Å². The monoisotopic (exact) mass is 342 g/mol. The fourth-order valence-corrected chi connectivity index (χ4v) is 2.69. The number of rotatable bonds is 6. The molecule has 5 nitrogen and oxygen atoms in total. The summed E-state index contributed by atoms with van der Waals surface area (Å²) in [5.41, 5.74) is 1.96. The van der Waals surface area contributed by atoms with Gasteiger partial charge in [-0.15, -0.1) is 0 Å². The molecule has 3 rings (SSSR count). The third kappa shape index (κ3) is 3.57. The standard InChI is InChI=1S/C19H19FN2O3/c1-24-17-7-6-12(10-18(17)25-2)8-9-21-19(23)16-11-13-14(20)4-3-5-15(13)22-16/h3-7,10-11,22H,8-9H2,1-2H3,(H,21,23). The van der Waals surface area contributed by atoms with Gasteiger partial charge in [-0.1, -0.05) is 12.1 Å². The number of H-pyrrole nitrogens is 1. The molecule has 1 heterocycles. The lowest BCUT2D eigenvalue weighted by molar-refractivity contribution is 0.0950. The molecule has 2 N–H and O–H groups in total. The number of carbonyl (C=O) groups excluding carboxylic acids is 1. The van der Waals surface area contributed by atoms with Gasteiger partial charge in [0.05, 0.1) is 14.2 Å². The third-order valence-electron chi connectivity index (χ3n) is 4.00. The maximum atomic E-state index is 13.7. The number of halogens is 1. The molecule has 130 valence electrons. The number of carbonyl (C=O) groups is 1. The Balaban J connectivity index is 1.63. The van der Waals surface area contributed by atoms with Crippen molar-refractivity contribution in [1.82, 2.24) is 10.3 Å². The number of methoxy groups -OCH3 is 2. The maximum Gasteiger partial charge on any atom is 0.267 e. The fraction of sp³-hybridized carbons (Fsp3) is 0.211. The van der Waals surface area contributed by atoms with Crippen LogP contribution >= 0.6 is 0 Å². The summed E-state index contributed by atoms with van der Waals surface area (Å²) in [5.74, 6) is 0.696. The molecule has 0 aliphatic heterocycles. The summed E-state index contributed by atoms with van der Waals surface area (Å²) in [6.07, 6.45) is 0.640. The van der Waals surface area contributed by atoms with E-state index in [1.807, 2.05) is 18.2 Å². The largest absolute Gasteiger partial charge is 0.493 e. The van der Waals surface area contributed by atoms with Gasteiger partial charge in [-0.2, -0.15) is 0 Å². The van der Waals surface area contributed by atoms with E-state index in [1.54, 1.807) is 26.4 Å². The number of aromatic amines is 1. The summed E-state index contributed by atoms with van der Waals surface area (Å²) in [6, 6.07) is 11.9. The molecule has 0 fully saturated rings. The smallest absolute Gasteiger partial charge is 0.267 e. The average Bonchev–Trinajstić information content (AvgIpc) is 3.07. The predicted octanol–water partition coefficient (Wildman–Crippen LogP) is 3.30. The van der Waals surface area contributed by atoms with Gasteiger partial charge in [0.25, 0.3) is 5.91 Å². The van der Waals surface area contributed by atoms with Gasteiger partial charge in [-0.3, -0.25) is 4.79 Å². The van der Waals surface area contributed by atoms with Crippen LogP contribution in [0.25, 0.3) is 10.9 Å². The van der Waals surface area contributed by atoms with Crippen LogP contribution < -0.4 is 14.8 Å². The van der Waals surface area contributed by atoms with Gasteiger partial charge in [0.15, 0.2) is 11.5 Å². The normalized spacial score (nSPS) is 10.7. The maximum absolute atomic E-state index is 13.7. The molecule has 0 atom stereocenters. The summed E-state index contributed by atoms with van der Waals surface area (Å²) < 4.78 is 24.2. The van der Waals surface area contributed by atoms with Crippen molar-refractivity contribution in [1.29, 1.82) is 0 Å². The van der Waals surface area contributed by atoms with E-state index in [0.717, 1.165) is 5.56 Å². The average molecular weight is 342 g/mol. The second-order valence-corrected chi connectivity index (χ2v) is 5.58. The Bertz CT molecular complexity index is 905. The lowest BCUT2D eigenvalue weighted by Gasteiger charge is -2.10. The van der Waals surface area contributed by atoms with Crippen LogP contribution in [0.2, 0.25) is 0 Å². The topological polar surface area (TPSA) is 63.3 Å².